The molecule has 0 amide bonds. The van der Waals surface area contributed by atoms with Crippen LogP contribution >= 0.6 is 0 Å². The number of nitrogens with zero attached hydrogens (tertiary/aromatic N) is 1. The van der Waals surface area contributed by atoms with E-state index < -0.39 is 0 Å². The predicted molar refractivity (Wildman–Crippen MR) is 53.6 cm³/mol. The molecule has 1 aromatic rings. The second kappa shape index (κ2) is 3.75. The van der Waals surface area contributed by atoms with E-state index in [9.17, 15) is 0 Å². The summed E-state index contributed by atoms with van der Waals surface area (Å²) in [5, 5.41) is 3.36. The Morgan fingerprint density at radius 2 is 2.31 bits per heavy atom. The number of hydrogen-bond acceptors (Lipinski definition) is 3. The Balaban J connectivity index is 2.02. The van der Waals surface area contributed by atoms with Crippen LogP contribution in [-0.4, -0.2) is 17.6 Å². The normalized spacial score (nSPS) is 15.8. The average Bonchev–Trinajstić information content (AvgIpc) is 2.90. The van der Waals surface area contributed by atoms with Crippen LogP contribution in [-0.2, 0) is 6.42 Å². The highest BCUT2D eigenvalue weighted by molar-refractivity contribution is 5.37. The molecule has 0 aliphatic heterocycles. The molecule has 1 heterocycles. The third-order valence-corrected chi connectivity index (χ3v) is 2.14. The Labute approximate surface area is 78.4 Å². The van der Waals surface area contributed by atoms with Crippen LogP contribution in [0.25, 0.3) is 0 Å². The van der Waals surface area contributed by atoms with Gasteiger partial charge in [-0.2, -0.15) is 0 Å². The lowest BCUT2D eigenvalue weighted by Gasteiger charge is -2.04. The molecule has 13 heavy (non-hydrogen) atoms. The lowest BCUT2D eigenvalue weighted by atomic mass is 10.3. The summed E-state index contributed by atoms with van der Waals surface area (Å²) in [5.74, 6) is 0.994. The van der Waals surface area contributed by atoms with Crippen molar-refractivity contribution in [3.8, 4) is 0 Å². The molecule has 0 unspecified atom stereocenters. The monoisotopic (exact) mass is 177 g/mol. The topological polar surface area (TPSA) is 50.9 Å². The summed E-state index contributed by atoms with van der Waals surface area (Å²) in [6.45, 7) is 0.667. The Morgan fingerprint density at radius 1 is 1.46 bits per heavy atom. The molecule has 2 rings (SSSR count). The van der Waals surface area contributed by atoms with Crippen LogP contribution in [0.15, 0.2) is 18.2 Å². The van der Waals surface area contributed by atoms with Gasteiger partial charge in [-0.3, -0.25) is 0 Å². The van der Waals surface area contributed by atoms with E-state index in [0.717, 1.165) is 17.9 Å². The number of hydrogen-bond donors (Lipinski definition) is 2. The fourth-order valence-corrected chi connectivity index (χ4v) is 1.28. The molecule has 1 aliphatic carbocycles. The second-order valence-electron chi connectivity index (χ2n) is 3.47. The Bertz CT molecular complexity index is 281. The van der Waals surface area contributed by atoms with Crippen molar-refractivity contribution in [2.45, 2.75) is 25.3 Å². The van der Waals surface area contributed by atoms with Gasteiger partial charge in [0.2, 0.25) is 0 Å². The highest BCUT2D eigenvalue weighted by Gasteiger charge is 2.20. The Hall–Kier alpha value is -1.09. The molecule has 3 N–H and O–H groups in total. The maximum absolute atomic E-state index is 5.46. The fourth-order valence-electron chi connectivity index (χ4n) is 1.28. The number of aromatic nitrogens is 1. The van der Waals surface area contributed by atoms with Crippen molar-refractivity contribution in [1.29, 1.82) is 0 Å². The standard InChI is InChI=1S/C10H15N3/c11-7-6-8-2-1-3-10(12-8)13-9-4-5-9/h1-3,9H,4-7,11H2,(H,12,13). The molecule has 70 valence electrons. The molecule has 0 bridgehead atoms. The minimum Gasteiger partial charge on any atom is -0.367 e. The largest absolute Gasteiger partial charge is 0.367 e. The first kappa shape index (κ1) is 8.51. The van der Waals surface area contributed by atoms with Crippen LogP contribution in [0, 0.1) is 0 Å². The van der Waals surface area contributed by atoms with Gasteiger partial charge in [0, 0.05) is 18.2 Å². The first-order chi connectivity index (χ1) is 6.38. The predicted octanol–water partition coefficient (Wildman–Crippen LogP) is 1.16. The summed E-state index contributed by atoms with van der Waals surface area (Å²) < 4.78 is 0. The van der Waals surface area contributed by atoms with E-state index in [2.05, 4.69) is 10.3 Å². The number of anilines is 1. The maximum atomic E-state index is 5.46. The summed E-state index contributed by atoms with van der Waals surface area (Å²) in [5.41, 5.74) is 6.54. The van der Waals surface area contributed by atoms with Crippen molar-refractivity contribution in [2.24, 2.45) is 5.73 Å². The molecule has 3 nitrogen and oxygen atoms in total. The zero-order valence-corrected chi connectivity index (χ0v) is 7.66. The van der Waals surface area contributed by atoms with E-state index in [1.54, 1.807) is 0 Å². The third-order valence-electron chi connectivity index (χ3n) is 2.14. The molecule has 3 heteroatoms. The maximum Gasteiger partial charge on any atom is 0.126 e. The first-order valence-electron chi connectivity index (χ1n) is 4.81. The molecule has 0 atom stereocenters. The minimum absolute atomic E-state index is 0.667. The van der Waals surface area contributed by atoms with Gasteiger partial charge in [-0.15, -0.1) is 0 Å². The number of nitrogens with one attached hydrogen (secondary N) is 1. The van der Waals surface area contributed by atoms with Gasteiger partial charge in [0.1, 0.15) is 5.82 Å². The molecular formula is C10H15N3. The fraction of sp³-hybridized carbons (Fsp3) is 0.500. The van der Waals surface area contributed by atoms with Gasteiger partial charge in [0.15, 0.2) is 0 Å². The SMILES string of the molecule is NCCc1cccc(NC2CC2)n1. The van der Waals surface area contributed by atoms with Gasteiger partial charge in [-0.1, -0.05) is 6.07 Å². The zero-order chi connectivity index (χ0) is 9.10. The average molecular weight is 177 g/mol. The molecular weight excluding hydrogens is 162 g/mol. The van der Waals surface area contributed by atoms with E-state index in [0.29, 0.717) is 12.6 Å². The van der Waals surface area contributed by atoms with Gasteiger partial charge >= 0.3 is 0 Å². The summed E-state index contributed by atoms with van der Waals surface area (Å²) in [7, 11) is 0. The quantitative estimate of drug-likeness (QED) is 0.725. The van der Waals surface area contributed by atoms with Crippen LogP contribution in [0.1, 0.15) is 18.5 Å². The molecule has 1 aromatic heterocycles. The van der Waals surface area contributed by atoms with E-state index in [4.69, 9.17) is 5.73 Å². The highest BCUT2D eigenvalue weighted by atomic mass is 15.0. The molecule has 1 aliphatic rings. The number of nitrogens with two attached hydrogens (primary N) is 1. The van der Waals surface area contributed by atoms with Crippen LogP contribution in [0.5, 0.6) is 0 Å². The highest BCUT2D eigenvalue weighted by Crippen LogP contribution is 2.23. The molecule has 1 fully saturated rings. The van der Waals surface area contributed by atoms with Crippen LogP contribution < -0.4 is 11.1 Å². The molecule has 0 radical (unpaired) electrons. The zero-order valence-electron chi connectivity index (χ0n) is 7.66. The molecule has 1 saturated carbocycles. The number of rotatable bonds is 4. The van der Waals surface area contributed by atoms with Gasteiger partial charge in [-0.25, -0.2) is 4.98 Å². The van der Waals surface area contributed by atoms with Crippen molar-refractivity contribution in [2.75, 3.05) is 11.9 Å². The summed E-state index contributed by atoms with van der Waals surface area (Å²) >= 11 is 0. The van der Waals surface area contributed by atoms with Gasteiger partial charge < -0.3 is 11.1 Å². The Kier molecular flexibility index (Phi) is 2.45. The first-order valence-corrected chi connectivity index (χ1v) is 4.81. The lowest BCUT2D eigenvalue weighted by molar-refractivity contribution is 0.920. The second-order valence-corrected chi connectivity index (χ2v) is 3.47. The summed E-state index contributed by atoms with van der Waals surface area (Å²) in [6.07, 6.45) is 3.42. The van der Waals surface area contributed by atoms with Crippen LogP contribution in [0.2, 0.25) is 0 Å². The molecule has 0 saturated heterocycles. The van der Waals surface area contributed by atoms with E-state index in [-0.39, 0.29) is 0 Å². The van der Waals surface area contributed by atoms with Crippen LogP contribution in [0.3, 0.4) is 0 Å². The van der Waals surface area contributed by atoms with Gasteiger partial charge in [0.25, 0.3) is 0 Å². The van der Waals surface area contributed by atoms with E-state index in [1.165, 1.54) is 12.8 Å². The van der Waals surface area contributed by atoms with Crippen molar-refractivity contribution >= 4 is 5.82 Å². The van der Waals surface area contributed by atoms with E-state index in [1.807, 2.05) is 18.2 Å². The Morgan fingerprint density at radius 3 is 3.00 bits per heavy atom. The number of pyridine rings is 1. The lowest BCUT2D eigenvalue weighted by Crippen LogP contribution is -2.07. The van der Waals surface area contributed by atoms with Crippen molar-refractivity contribution < 1.29 is 0 Å². The molecule has 0 aromatic carbocycles. The van der Waals surface area contributed by atoms with Gasteiger partial charge in [0.05, 0.1) is 0 Å². The van der Waals surface area contributed by atoms with Crippen molar-refractivity contribution in [3.63, 3.8) is 0 Å². The van der Waals surface area contributed by atoms with E-state index >= 15 is 0 Å². The summed E-state index contributed by atoms with van der Waals surface area (Å²) in [4.78, 5) is 4.45. The molecule has 0 spiro atoms. The van der Waals surface area contributed by atoms with Crippen molar-refractivity contribution in [3.05, 3.63) is 23.9 Å². The van der Waals surface area contributed by atoms with Gasteiger partial charge in [-0.05, 0) is 31.5 Å². The smallest absolute Gasteiger partial charge is 0.126 e. The van der Waals surface area contributed by atoms with Crippen LogP contribution in [0.4, 0.5) is 5.82 Å². The minimum atomic E-state index is 0.667. The summed E-state index contributed by atoms with van der Waals surface area (Å²) in [6, 6.07) is 6.73. The van der Waals surface area contributed by atoms with Crippen molar-refractivity contribution in [1.82, 2.24) is 4.98 Å². The third kappa shape index (κ3) is 2.42.